The molecule has 2 rings (SSSR count). The van der Waals surface area contributed by atoms with Gasteiger partial charge in [-0.15, -0.1) is 0 Å². The summed E-state index contributed by atoms with van der Waals surface area (Å²) < 4.78 is 5.27. The maximum atomic E-state index is 12.5. The summed E-state index contributed by atoms with van der Waals surface area (Å²) in [5.74, 6) is -1.65. The number of hydrogen-bond acceptors (Lipinski definition) is 4. The first-order valence-electron chi connectivity index (χ1n) is 8.90. The van der Waals surface area contributed by atoms with Crippen LogP contribution < -0.4 is 10.6 Å². The number of benzene rings is 2. The van der Waals surface area contributed by atoms with Crippen LogP contribution in [0.25, 0.3) is 6.08 Å². The summed E-state index contributed by atoms with van der Waals surface area (Å²) >= 11 is 0. The summed E-state index contributed by atoms with van der Waals surface area (Å²) in [5.41, 5.74) is 3.20. The number of amides is 2. The molecular formula is C22H24N2O4. The maximum Gasteiger partial charge on any atom is 0.355 e. The molecule has 6 nitrogen and oxygen atoms in total. The van der Waals surface area contributed by atoms with E-state index in [4.69, 9.17) is 4.74 Å². The zero-order valence-electron chi connectivity index (χ0n) is 16.4. The molecule has 2 aromatic rings. The third-order valence-electron chi connectivity index (χ3n) is 4.02. The first-order valence-corrected chi connectivity index (χ1v) is 8.90. The fraction of sp³-hybridized carbons (Fsp3) is 0.227. The van der Waals surface area contributed by atoms with Gasteiger partial charge in [0.05, 0.1) is 0 Å². The van der Waals surface area contributed by atoms with E-state index in [0.717, 1.165) is 16.7 Å². The van der Waals surface area contributed by atoms with Gasteiger partial charge in [-0.25, -0.2) is 4.79 Å². The Kier molecular flexibility index (Phi) is 7.09. The summed E-state index contributed by atoms with van der Waals surface area (Å²) in [7, 11) is 0. The predicted octanol–water partition coefficient (Wildman–Crippen LogP) is 3.35. The van der Waals surface area contributed by atoms with E-state index in [2.05, 4.69) is 10.6 Å². The average molecular weight is 380 g/mol. The molecule has 0 aromatic heterocycles. The fourth-order valence-corrected chi connectivity index (χ4v) is 2.57. The maximum absolute atomic E-state index is 12.5. The van der Waals surface area contributed by atoms with Crippen molar-refractivity contribution in [2.45, 2.75) is 33.8 Å². The lowest BCUT2D eigenvalue weighted by atomic mass is 10.1. The molecule has 1 atom stereocenters. The lowest BCUT2D eigenvalue weighted by Crippen LogP contribution is -2.34. The molecule has 0 aliphatic carbocycles. The van der Waals surface area contributed by atoms with E-state index in [9.17, 15) is 14.4 Å². The summed E-state index contributed by atoms with van der Waals surface area (Å²) in [6.45, 7) is 6.55. The molecule has 2 N–H and O–H groups in total. The molecule has 28 heavy (non-hydrogen) atoms. The Balaban J connectivity index is 2.12. The molecule has 0 aliphatic heterocycles. The van der Waals surface area contributed by atoms with Crippen LogP contribution in [0.2, 0.25) is 0 Å². The fourth-order valence-electron chi connectivity index (χ4n) is 2.57. The van der Waals surface area contributed by atoms with Crippen LogP contribution in [0.5, 0.6) is 0 Å². The first-order chi connectivity index (χ1) is 13.3. The molecule has 0 aliphatic rings. The van der Waals surface area contributed by atoms with E-state index in [1.54, 1.807) is 12.1 Å². The lowest BCUT2D eigenvalue weighted by Gasteiger charge is -2.17. The molecule has 2 aromatic carbocycles. The number of hydrogen-bond donors (Lipinski definition) is 2. The van der Waals surface area contributed by atoms with Gasteiger partial charge in [-0.05, 0) is 43.5 Å². The van der Waals surface area contributed by atoms with E-state index in [-0.39, 0.29) is 5.70 Å². The van der Waals surface area contributed by atoms with Gasteiger partial charge in [-0.3, -0.25) is 9.59 Å². The molecule has 146 valence electrons. The number of carbonyl (C=O) groups excluding carboxylic acids is 3. The Morgan fingerprint density at radius 1 is 0.964 bits per heavy atom. The second-order valence-corrected chi connectivity index (χ2v) is 6.45. The molecule has 0 unspecified atom stereocenters. The number of ether oxygens (including phenoxy) is 1. The highest BCUT2D eigenvalue weighted by molar-refractivity contribution is 6.01. The predicted molar refractivity (Wildman–Crippen MR) is 108 cm³/mol. The monoisotopic (exact) mass is 380 g/mol. The number of aryl methyl sites for hydroxylation is 2. The summed E-state index contributed by atoms with van der Waals surface area (Å²) in [4.78, 5) is 36.4. The number of rotatable bonds is 6. The first kappa shape index (κ1) is 20.9. The zero-order valence-corrected chi connectivity index (χ0v) is 16.4. The number of nitrogens with one attached hydrogen (secondary N) is 2. The Bertz CT molecular complexity index is 884. The van der Waals surface area contributed by atoms with Crippen molar-refractivity contribution in [3.8, 4) is 0 Å². The number of carbonyl (C=O) groups is 3. The topological polar surface area (TPSA) is 84.5 Å². The van der Waals surface area contributed by atoms with E-state index in [1.165, 1.54) is 19.9 Å². The van der Waals surface area contributed by atoms with Gasteiger partial charge in [0.1, 0.15) is 5.70 Å². The number of esters is 1. The van der Waals surface area contributed by atoms with Crippen LogP contribution in [0.3, 0.4) is 0 Å². The Morgan fingerprint density at radius 3 is 2.14 bits per heavy atom. The van der Waals surface area contributed by atoms with Gasteiger partial charge in [0.15, 0.2) is 6.10 Å². The summed E-state index contributed by atoms with van der Waals surface area (Å²) in [6, 6.07) is 14.7. The van der Waals surface area contributed by atoms with E-state index >= 15 is 0 Å². The Hall–Kier alpha value is -3.41. The third kappa shape index (κ3) is 5.81. The van der Waals surface area contributed by atoms with E-state index < -0.39 is 23.9 Å². The van der Waals surface area contributed by atoms with Crippen molar-refractivity contribution in [2.24, 2.45) is 0 Å². The van der Waals surface area contributed by atoms with Gasteiger partial charge in [0, 0.05) is 12.6 Å². The largest absolute Gasteiger partial charge is 0.448 e. The highest BCUT2D eigenvalue weighted by Crippen LogP contribution is 2.20. The van der Waals surface area contributed by atoms with Crippen LogP contribution in [0.1, 0.15) is 30.5 Å². The molecule has 0 saturated heterocycles. The van der Waals surface area contributed by atoms with Crippen molar-refractivity contribution in [1.82, 2.24) is 5.32 Å². The molecule has 0 bridgehead atoms. The van der Waals surface area contributed by atoms with Crippen LogP contribution in [0, 0.1) is 13.8 Å². The second-order valence-electron chi connectivity index (χ2n) is 6.45. The van der Waals surface area contributed by atoms with Crippen molar-refractivity contribution >= 4 is 29.5 Å². The summed E-state index contributed by atoms with van der Waals surface area (Å²) in [5, 5.41) is 5.25. The van der Waals surface area contributed by atoms with Crippen molar-refractivity contribution in [3.05, 3.63) is 70.9 Å². The van der Waals surface area contributed by atoms with Crippen LogP contribution in [0.4, 0.5) is 5.69 Å². The van der Waals surface area contributed by atoms with Crippen molar-refractivity contribution in [2.75, 3.05) is 5.32 Å². The van der Waals surface area contributed by atoms with Crippen LogP contribution >= 0.6 is 0 Å². The molecule has 0 radical (unpaired) electrons. The second kappa shape index (κ2) is 9.50. The average Bonchev–Trinajstić information content (AvgIpc) is 2.64. The quantitative estimate of drug-likeness (QED) is 0.595. The van der Waals surface area contributed by atoms with Crippen molar-refractivity contribution in [1.29, 1.82) is 0 Å². The van der Waals surface area contributed by atoms with Gasteiger partial charge < -0.3 is 15.4 Å². The van der Waals surface area contributed by atoms with Gasteiger partial charge in [-0.2, -0.15) is 0 Å². The minimum absolute atomic E-state index is 0.0366. The highest BCUT2D eigenvalue weighted by Gasteiger charge is 2.22. The standard InChI is InChI=1S/C22H24N2O4/c1-14-9-8-10-15(2)20(14)24-21(26)16(3)28-22(27)19(23-17(4)25)13-18-11-6-5-7-12-18/h5-13,16H,1-4H3,(H,23,25)(H,24,26)/b19-13-/t16-/m0/s1. The smallest absolute Gasteiger partial charge is 0.355 e. The van der Waals surface area contributed by atoms with E-state index in [1.807, 2.05) is 50.2 Å². The van der Waals surface area contributed by atoms with Crippen molar-refractivity contribution < 1.29 is 19.1 Å². The van der Waals surface area contributed by atoms with Crippen LogP contribution in [-0.4, -0.2) is 23.9 Å². The molecule has 0 heterocycles. The molecule has 0 spiro atoms. The van der Waals surface area contributed by atoms with Crippen molar-refractivity contribution in [3.63, 3.8) is 0 Å². The minimum atomic E-state index is -1.04. The van der Waals surface area contributed by atoms with Crippen LogP contribution in [0.15, 0.2) is 54.2 Å². The zero-order chi connectivity index (χ0) is 20.7. The van der Waals surface area contributed by atoms with Crippen LogP contribution in [-0.2, 0) is 19.1 Å². The Morgan fingerprint density at radius 2 is 1.57 bits per heavy atom. The van der Waals surface area contributed by atoms with E-state index in [0.29, 0.717) is 5.69 Å². The molecular weight excluding hydrogens is 356 g/mol. The Labute approximate surface area is 164 Å². The van der Waals surface area contributed by atoms with Gasteiger partial charge >= 0.3 is 5.97 Å². The van der Waals surface area contributed by atoms with Gasteiger partial charge in [0.25, 0.3) is 5.91 Å². The van der Waals surface area contributed by atoms with Gasteiger partial charge in [-0.1, -0.05) is 48.5 Å². The molecule has 6 heteroatoms. The molecule has 0 saturated carbocycles. The lowest BCUT2D eigenvalue weighted by molar-refractivity contribution is -0.149. The normalized spacial score (nSPS) is 12.1. The number of anilines is 1. The minimum Gasteiger partial charge on any atom is -0.448 e. The SMILES string of the molecule is CC(=O)N/C(=C\c1ccccc1)C(=O)O[C@@H](C)C(=O)Nc1c(C)cccc1C. The summed E-state index contributed by atoms with van der Waals surface area (Å²) in [6.07, 6.45) is 0.458. The molecule has 2 amide bonds. The van der Waals surface area contributed by atoms with Gasteiger partial charge in [0.2, 0.25) is 5.91 Å². The number of para-hydroxylation sites is 1. The third-order valence-corrected chi connectivity index (χ3v) is 4.02. The molecule has 0 fully saturated rings. The highest BCUT2D eigenvalue weighted by atomic mass is 16.5.